The third-order valence-corrected chi connectivity index (χ3v) is 4.45. The maximum atomic E-state index is 11.8. The molecule has 0 aliphatic carbocycles. The molecule has 108 valence electrons. The van der Waals surface area contributed by atoms with Gasteiger partial charge in [-0.25, -0.2) is 13.1 Å². The summed E-state index contributed by atoms with van der Waals surface area (Å²) in [5.74, 6) is 0. The highest BCUT2D eigenvalue weighted by molar-refractivity contribution is 7.89. The Morgan fingerprint density at radius 2 is 1.85 bits per heavy atom. The molecular weight excluding hydrogens is 274 g/mol. The van der Waals surface area contributed by atoms with Crippen LogP contribution in [0.5, 0.6) is 0 Å². The lowest BCUT2D eigenvalue weighted by molar-refractivity contribution is 0.584. The second-order valence-electron chi connectivity index (χ2n) is 4.56. The van der Waals surface area contributed by atoms with E-state index in [0.29, 0.717) is 13.1 Å². The van der Waals surface area contributed by atoms with Crippen LogP contribution in [0.25, 0.3) is 0 Å². The monoisotopic (exact) mass is 293 g/mol. The molecule has 0 fully saturated rings. The minimum absolute atomic E-state index is 0.282. The van der Waals surface area contributed by atoms with E-state index in [1.807, 2.05) is 30.1 Å². The van der Waals surface area contributed by atoms with Crippen LogP contribution >= 0.6 is 0 Å². The molecule has 0 aliphatic heterocycles. The second kappa shape index (κ2) is 6.11. The topological polar surface area (TPSA) is 63.1 Å². The highest BCUT2D eigenvalue weighted by atomic mass is 32.2. The molecule has 1 aromatic carbocycles. The van der Waals surface area contributed by atoms with Crippen molar-refractivity contribution in [3.63, 3.8) is 0 Å². The molecule has 0 saturated carbocycles. The van der Waals surface area contributed by atoms with Gasteiger partial charge in [0.05, 0.1) is 4.90 Å². The average molecular weight is 293 g/mol. The second-order valence-corrected chi connectivity index (χ2v) is 6.33. The lowest BCUT2D eigenvalue weighted by atomic mass is 10.3. The number of nitrogens with one attached hydrogen (secondary N) is 2. The first-order chi connectivity index (χ1) is 9.51. The largest absolute Gasteiger partial charge is 0.381 e. The molecule has 0 aliphatic rings. The molecule has 1 heterocycles. The van der Waals surface area contributed by atoms with E-state index < -0.39 is 10.0 Å². The van der Waals surface area contributed by atoms with Crippen molar-refractivity contribution < 1.29 is 8.42 Å². The number of hydrogen-bond donors (Lipinski definition) is 2. The van der Waals surface area contributed by atoms with E-state index in [4.69, 9.17) is 0 Å². The number of rotatable bonds is 6. The Morgan fingerprint density at radius 3 is 2.40 bits per heavy atom. The summed E-state index contributed by atoms with van der Waals surface area (Å²) < 4.78 is 28.0. The molecule has 0 spiro atoms. The number of benzene rings is 1. The zero-order valence-electron chi connectivity index (χ0n) is 11.6. The van der Waals surface area contributed by atoms with Gasteiger partial charge in [-0.3, -0.25) is 0 Å². The van der Waals surface area contributed by atoms with Gasteiger partial charge in [0.25, 0.3) is 0 Å². The van der Waals surface area contributed by atoms with E-state index in [0.717, 1.165) is 5.69 Å². The predicted octanol–water partition coefficient (Wildman–Crippen LogP) is 1.94. The van der Waals surface area contributed by atoms with Crippen LogP contribution in [0.15, 0.2) is 47.6 Å². The van der Waals surface area contributed by atoms with Crippen molar-refractivity contribution >= 4 is 15.7 Å². The maximum absolute atomic E-state index is 11.8. The van der Waals surface area contributed by atoms with E-state index in [1.54, 1.807) is 31.2 Å². The third kappa shape index (κ3) is 3.61. The zero-order chi connectivity index (χ0) is 14.6. The van der Waals surface area contributed by atoms with E-state index in [-0.39, 0.29) is 4.90 Å². The summed E-state index contributed by atoms with van der Waals surface area (Å²) in [6, 6.07) is 8.79. The predicted molar refractivity (Wildman–Crippen MR) is 80.0 cm³/mol. The number of hydrogen-bond acceptors (Lipinski definition) is 3. The minimum Gasteiger partial charge on any atom is -0.381 e. The summed E-state index contributed by atoms with van der Waals surface area (Å²) in [6.07, 6.45) is 4.03. The van der Waals surface area contributed by atoms with Crippen LogP contribution in [-0.4, -0.2) is 19.5 Å². The molecule has 2 aromatic rings. The number of nitrogens with zero attached hydrogens (tertiary/aromatic N) is 1. The molecule has 0 unspecified atom stereocenters. The van der Waals surface area contributed by atoms with Crippen molar-refractivity contribution in [1.82, 2.24) is 9.29 Å². The number of anilines is 1. The van der Waals surface area contributed by atoms with E-state index in [1.165, 1.54) is 5.56 Å². The Kier molecular flexibility index (Phi) is 4.46. The Balaban J connectivity index is 2.01. The number of aromatic nitrogens is 1. The summed E-state index contributed by atoms with van der Waals surface area (Å²) in [4.78, 5) is 0.282. The Bertz CT molecular complexity index is 660. The molecule has 0 saturated heterocycles. The fourth-order valence-corrected chi connectivity index (χ4v) is 2.94. The van der Waals surface area contributed by atoms with Crippen molar-refractivity contribution in [2.24, 2.45) is 7.05 Å². The Labute approximate surface area is 119 Å². The van der Waals surface area contributed by atoms with Crippen molar-refractivity contribution in [1.29, 1.82) is 0 Å². The number of aryl methyl sites for hydroxylation is 1. The summed E-state index contributed by atoms with van der Waals surface area (Å²) in [6.45, 7) is 2.85. The molecular formula is C14H19N3O2S. The quantitative estimate of drug-likeness (QED) is 0.855. The van der Waals surface area contributed by atoms with E-state index in [9.17, 15) is 8.42 Å². The van der Waals surface area contributed by atoms with Gasteiger partial charge >= 0.3 is 0 Å². The van der Waals surface area contributed by atoms with Crippen molar-refractivity contribution in [3.8, 4) is 0 Å². The summed E-state index contributed by atoms with van der Waals surface area (Å²) in [5.41, 5.74) is 2.07. The maximum Gasteiger partial charge on any atom is 0.240 e. The molecule has 0 radical (unpaired) electrons. The molecule has 2 N–H and O–H groups in total. The zero-order valence-corrected chi connectivity index (χ0v) is 12.4. The van der Waals surface area contributed by atoms with Gasteiger partial charge in [0.2, 0.25) is 10.0 Å². The molecule has 2 rings (SSSR count). The van der Waals surface area contributed by atoms with Gasteiger partial charge in [0, 0.05) is 38.2 Å². The fourth-order valence-electron chi connectivity index (χ4n) is 1.89. The molecule has 20 heavy (non-hydrogen) atoms. The van der Waals surface area contributed by atoms with Crippen LogP contribution in [0.2, 0.25) is 0 Å². The molecule has 1 aromatic heterocycles. The van der Waals surface area contributed by atoms with Gasteiger partial charge in [-0.2, -0.15) is 0 Å². The van der Waals surface area contributed by atoms with Crippen LogP contribution < -0.4 is 10.0 Å². The fraction of sp³-hybridized carbons (Fsp3) is 0.286. The van der Waals surface area contributed by atoms with Crippen LogP contribution in [0, 0.1) is 0 Å². The molecule has 0 bridgehead atoms. The third-order valence-electron chi connectivity index (χ3n) is 2.89. The van der Waals surface area contributed by atoms with Crippen molar-refractivity contribution in [2.45, 2.75) is 18.4 Å². The van der Waals surface area contributed by atoms with Gasteiger partial charge < -0.3 is 9.88 Å². The lowest BCUT2D eigenvalue weighted by Crippen LogP contribution is -2.23. The van der Waals surface area contributed by atoms with Gasteiger partial charge in [0.15, 0.2) is 0 Å². The first-order valence-electron chi connectivity index (χ1n) is 6.46. The smallest absolute Gasteiger partial charge is 0.240 e. The standard InChI is InChI=1S/C14H19N3O2S/c1-3-16-20(18,19)14-6-4-13(5-7-14)15-10-12-8-9-17(2)11-12/h4-9,11,15-16H,3,10H2,1-2H3. The Morgan fingerprint density at radius 1 is 1.15 bits per heavy atom. The van der Waals surface area contributed by atoms with Crippen LogP contribution in [0.3, 0.4) is 0 Å². The molecule has 6 heteroatoms. The highest BCUT2D eigenvalue weighted by Gasteiger charge is 2.11. The minimum atomic E-state index is -3.37. The number of sulfonamides is 1. The van der Waals surface area contributed by atoms with Gasteiger partial charge in [0.1, 0.15) is 0 Å². The Hall–Kier alpha value is -1.79. The molecule has 5 nitrogen and oxygen atoms in total. The van der Waals surface area contributed by atoms with Gasteiger partial charge in [-0.1, -0.05) is 6.92 Å². The normalized spacial score (nSPS) is 11.5. The van der Waals surface area contributed by atoms with Gasteiger partial charge in [-0.15, -0.1) is 0 Å². The highest BCUT2D eigenvalue weighted by Crippen LogP contribution is 2.14. The van der Waals surface area contributed by atoms with Crippen LogP contribution in [0.1, 0.15) is 12.5 Å². The molecule has 0 atom stereocenters. The van der Waals surface area contributed by atoms with Crippen LogP contribution in [0.4, 0.5) is 5.69 Å². The van der Waals surface area contributed by atoms with Gasteiger partial charge in [-0.05, 0) is 35.9 Å². The van der Waals surface area contributed by atoms with Crippen LogP contribution in [-0.2, 0) is 23.6 Å². The average Bonchev–Trinajstić information content (AvgIpc) is 2.83. The summed E-state index contributed by atoms with van der Waals surface area (Å²) in [7, 11) is -1.40. The van der Waals surface area contributed by atoms with Crippen molar-refractivity contribution in [2.75, 3.05) is 11.9 Å². The van der Waals surface area contributed by atoms with Crippen molar-refractivity contribution in [3.05, 3.63) is 48.3 Å². The first-order valence-corrected chi connectivity index (χ1v) is 7.94. The van der Waals surface area contributed by atoms with E-state index >= 15 is 0 Å². The summed E-state index contributed by atoms with van der Waals surface area (Å²) in [5, 5.41) is 3.26. The summed E-state index contributed by atoms with van der Waals surface area (Å²) >= 11 is 0. The van der Waals surface area contributed by atoms with E-state index in [2.05, 4.69) is 10.0 Å². The molecule has 0 amide bonds. The SMILES string of the molecule is CCNS(=O)(=O)c1ccc(NCc2ccn(C)c2)cc1. The lowest BCUT2D eigenvalue weighted by Gasteiger charge is -2.07. The first kappa shape index (κ1) is 14.6.